The fraction of sp³-hybridized carbons (Fsp3) is 0.250. The number of hydrogen-bond acceptors (Lipinski definition) is 3. The number of nitrogens with zero attached hydrogens (tertiary/aromatic N) is 1. The highest BCUT2D eigenvalue weighted by Crippen LogP contribution is 2.33. The van der Waals surface area contributed by atoms with Gasteiger partial charge in [0.2, 0.25) is 5.91 Å². The molecule has 0 aliphatic rings. The molecule has 1 unspecified atom stereocenters. The summed E-state index contributed by atoms with van der Waals surface area (Å²) in [6.45, 7) is 2.67. The molecule has 0 saturated carbocycles. The average Bonchev–Trinajstić information content (AvgIpc) is 2.96. The minimum absolute atomic E-state index is 0.179. The number of ether oxygens (including phenoxy) is 1. The number of carbonyl (C=O) groups excluding carboxylic acids is 2. The predicted octanol–water partition coefficient (Wildman–Crippen LogP) is 7.19. The van der Waals surface area contributed by atoms with Crippen molar-refractivity contribution in [3.63, 3.8) is 0 Å². The summed E-state index contributed by atoms with van der Waals surface area (Å²) in [6.07, 6.45) is 2.22. The lowest BCUT2D eigenvalue weighted by molar-refractivity contribution is -0.142. The number of hydrogen-bond donors (Lipinski definition) is 1. The maximum atomic E-state index is 13.8. The van der Waals surface area contributed by atoms with Gasteiger partial charge >= 0.3 is 0 Å². The van der Waals surface area contributed by atoms with E-state index >= 15 is 0 Å². The summed E-state index contributed by atoms with van der Waals surface area (Å²) in [5.41, 5.74) is 1.85. The Balaban J connectivity index is 1.61. The van der Waals surface area contributed by atoms with Gasteiger partial charge in [-0.05, 0) is 62.4 Å². The van der Waals surface area contributed by atoms with Gasteiger partial charge in [0.25, 0.3) is 5.91 Å². The third-order valence-electron chi connectivity index (χ3n) is 6.55. The van der Waals surface area contributed by atoms with Crippen molar-refractivity contribution in [2.75, 3.05) is 13.2 Å². The van der Waals surface area contributed by atoms with Crippen molar-refractivity contribution in [1.82, 2.24) is 10.2 Å². The minimum Gasteiger partial charge on any atom is -0.483 e. The Labute approximate surface area is 243 Å². The number of fused-ring (bicyclic) bond motifs is 1. The van der Waals surface area contributed by atoms with Gasteiger partial charge < -0.3 is 15.0 Å². The highest BCUT2D eigenvalue weighted by molar-refractivity contribution is 9.10. The fourth-order valence-electron chi connectivity index (χ4n) is 4.39. The van der Waals surface area contributed by atoms with Crippen LogP contribution in [0.3, 0.4) is 0 Å². The molecule has 1 atom stereocenters. The average molecular weight is 608 g/mol. The number of benzene rings is 4. The van der Waals surface area contributed by atoms with Crippen molar-refractivity contribution >= 4 is 50.1 Å². The summed E-state index contributed by atoms with van der Waals surface area (Å²) in [7, 11) is 0. The van der Waals surface area contributed by atoms with Gasteiger partial charge in [-0.15, -0.1) is 0 Å². The molecular formula is C32H32BrClN2O3. The molecule has 0 aliphatic carbocycles. The Morgan fingerprint density at radius 2 is 1.64 bits per heavy atom. The molecule has 0 heterocycles. The first kappa shape index (κ1) is 28.7. The van der Waals surface area contributed by atoms with E-state index in [2.05, 4.69) is 28.2 Å². The summed E-state index contributed by atoms with van der Waals surface area (Å²) in [5, 5.41) is 5.71. The van der Waals surface area contributed by atoms with Gasteiger partial charge in [-0.25, -0.2) is 0 Å². The molecule has 0 spiro atoms. The van der Waals surface area contributed by atoms with Crippen LogP contribution in [0.25, 0.3) is 10.8 Å². The predicted molar refractivity (Wildman–Crippen MR) is 161 cm³/mol. The van der Waals surface area contributed by atoms with Gasteiger partial charge in [0.1, 0.15) is 11.8 Å². The summed E-state index contributed by atoms with van der Waals surface area (Å²) < 4.78 is 6.82. The third-order valence-corrected chi connectivity index (χ3v) is 7.62. The van der Waals surface area contributed by atoms with Crippen LogP contribution < -0.4 is 10.1 Å². The van der Waals surface area contributed by atoms with Crippen molar-refractivity contribution in [3.8, 4) is 5.75 Å². The highest BCUT2D eigenvalue weighted by atomic mass is 79.9. The quantitative estimate of drug-likeness (QED) is 0.173. The topological polar surface area (TPSA) is 58.6 Å². The van der Waals surface area contributed by atoms with Gasteiger partial charge in [0.15, 0.2) is 6.61 Å². The van der Waals surface area contributed by atoms with E-state index in [9.17, 15) is 9.59 Å². The van der Waals surface area contributed by atoms with E-state index in [1.807, 2.05) is 78.9 Å². The molecule has 4 rings (SSSR count). The third kappa shape index (κ3) is 7.84. The van der Waals surface area contributed by atoms with Crippen LogP contribution in [0.1, 0.15) is 30.9 Å². The van der Waals surface area contributed by atoms with Crippen LogP contribution in [0.5, 0.6) is 5.75 Å². The molecule has 2 amide bonds. The highest BCUT2D eigenvalue weighted by Gasteiger charge is 2.30. The second kappa shape index (κ2) is 14.2. The Kier molecular flexibility index (Phi) is 10.4. The normalized spacial score (nSPS) is 11.7. The number of unbranched alkanes of at least 4 members (excludes halogenated alkanes) is 1. The van der Waals surface area contributed by atoms with E-state index in [-0.39, 0.29) is 25.0 Å². The van der Waals surface area contributed by atoms with Crippen molar-refractivity contribution in [1.29, 1.82) is 0 Å². The summed E-state index contributed by atoms with van der Waals surface area (Å²) in [5.74, 6) is 0.110. The number of nitrogens with one attached hydrogen (secondary N) is 1. The van der Waals surface area contributed by atoms with Crippen LogP contribution in [-0.4, -0.2) is 35.9 Å². The SMILES string of the molecule is CCCCNC(=O)C(Cc1ccccc1)N(Cc1ccc(Cl)cc1)C(=O)COc1ccc2ccccc2c1Br. The second-order valence-corrected chi connectivity index (χ2v) is 10.6. The standard InChI is InChI=1S/C32H32BrClN2O3/c1-2-3-19-35-32(38)28(20-23-9-5-4-6-10-23)36(21-24-13-16-26(34)17-14-24)30(37)22-39-29-18-15-25-11-7-8-12-27(25)31(29)33/h4-18,28H,2-3,19-22H2,1H3,(H,35,38). The van der Waals surface area contributed by atoms with Crippen molar-refractivity contribution in [2.24, 2.45) is 0 Å². The maximum absolute atomic E-state index is 13.8. The summed E-state index contributed by atoms with van der Waals surface area (Å²) in [4.78, 5) is 28.9. The Morgan fingerprint density at radius 3 is 2.38 bits per heavy atom. The number of amides is 2. The second-order valence-electron chi connectivity index (χ2n) is 9.39. The Bertz CT molecular complexity index is 1400. The smallest absolute Gasteiger partial charge is 0.261 e. The molecular weight excluding hydrogens is 576 g/mol. The zero-order valence-electron chi connectivity index (χ0n) is 21.9. The lowest BCUT2D eigenvalue weighted by Crippen LogP contribution is -2.51. The monoisotopic (exact) mass is 606 g/mol. The molecule has 4 aromatic carbocycles. The first-order valence-corrected chi connectivity index (χ1v) is 14.3. The zero-order valence-corrected chi connectivity index (χ0v) is 24.3. The van der Waals surface area contributed by atoms with E-state index in [0.717, 1.165) is 39.2 Å². The first-order chi connectivity index (χ1) is 19.0. The van der Waals surface area contributed by atoms with E-state index in [0.29, 0.717) is 23.7 Å². The van der Waals surface area contributed by atoms with E-state index in [1.54, 1.807) is 17.0 Å². The summed E-state index contributed by atoms with van der Waals surface area (Å²) >= 11 is 9.74. The molecule has 202 valence electrons. The molecule has 7 heteroatoms. The minimum atomic E-state index is -0.712. The molecule has 0 fully saturated rings. The maximum Gasteiger partial charge on any atom is 0.261 e. The van der Waals surface area contributed by atoms with Crippen molar-refractivity contribution in [3.05, 3.63) is 112 Å². The van der Waals surface area contributed by atoms with E-state index < -0.39 is 6.04 Å². The Morgan fingerprint density at radius 1 is 0.923 bits per heavy atom. The fourth-order valence-corrected chi connectivity index (χ4v) is 5.13. The number of rotatable bonds is 12. The largest absolute Gasteiger partial charge is 0.483 e. The molecule has 39 heavy (non-hydrogen) atoms. The zero-order chi connectivity index (χ0) is 27.6. The van der Waals surface area contributed by atoms with Crippen LogP contribution in [-0.2, 0) is 22.6 Å². The van der Waals surface area contributed by atoms with Crippen molar-refractivity contribution in [2.45, 2.75) is 38.8 Å². The van der Waals surface area contributed by atoms with Gasteiger partial charge in [-0.3, -0.25) is 9.59 Å². The number of carbonyl (C=O) groups is 2. The summed E-state index contributed by atoms with van der Waals surface area (Å²) in [6, 6.07) is 28.1. The van der Waals surface area contributed by atoms with Crippen molar-refractivity contribution < 1.29 is 14.3 Å². The van der Waals surface area contributed by atoms with Gasteiger partial charge in [-0.1, -0.05) is 97.7 Å². The van der Waals surface area contributed by atoms with E-state index in [4.69, 9.17) is 16.3 Å². The van der Waals surface area contributed by atoms with Crippen LogP contribution in [0.15, 0.2) is 95.5 Å². The molecule has 0 bridgehead atoms. The van der Waals surface area contributed by atoms with Crippen LogP contribution in [0.2, 0.25) is 5.02 Å². The number of halogens is 2. The van der Waals surface area contributed by atoms with Crippen LogP contribution >= 0.6 is 27.5 Å². The molecule has 4 aromatic rings. The van der Waals surface area contributed by atoms with Gasteiger partial charge in [0.05, 0.1) is 4.47 Å². The molecule has 0 saturated heterocycles. The Hall–Kier alpha value is -3.35. The molecule has 1 N–H and O–H groups in total. The van der Waals surface area contributed by atoms with Crippen LogP contribution in [0.4, 0.5) is 0 Å². The van der Waals surface area contributed by atoms with Gasteiger partial charge in [0, 0.05) is 24.5 Å². The molecule has 0 aromatic heterocycles. The van der Waals surface area contributed by atoms with Crippen LogP contribution in [0, 0.1) is 0 Å². The van der Waals surface area contributed by atoms with Gasteiger partial charge in [-0.2, -0.15) is 0 Å². The molecule has 0 aliphatic heterocycles. The lowest BCUT2D eigenvalue weighted by Gasteiger charge is -2.31. The first-order valence-electron chi connectivity index (χ1n) is 13.1. The molecule has 5 nitrogen and oxygen atoms in total. The lowest BCUT2D eigenvalue weighted by atomic mass is 10.0. The van der Waals surface area contributed by atoms with E-state index in [1.165, 1.54) is 0 Å². The molecule has 0 radical (unpaired) electrons.